The monoisotopic (exact) mass is 463 g/mol. The molecule has 0 fully saturated rings. The molecule has 3 aromatic rings. The molecular formula is C23H27Cl2Zr. The van der Waals surface area contributed by atoms with Crippen LogP contribution in [0.3, 0.4) is 0 Å². The molecule has 0 atom stereocenters. The summed E-state index contributed by atoms with van der Waals surface area (Å²) in [6.45, 7) is 9.07. The number of halogens is 2. The molecule has 0 N–H and O–H groups in total. The number of hydrogen-bond acceptors (Lipinski definition) is 0. The molecule has 0 aliphatic heterocycles. The van der Waals surface area contributed by atoms with Gasteiger partial charge in [0, 0.05) is 0 Å². The van der Waals surface area contributed by atoms with Crippen LogP contribution >= 0.6 is 0 Å². The zero-order valence-electron chi connectivity index (χ0n) is 16.1. The second-order valence-electron chi connectivity index (χ2n) is 6.97. The van der Waals surface area contributed by atoms with Crippen LogP contribution in [0.2, 0.25) is 0 Å². The number of rotatable bonds is 5. The zero-order chi connectivity index (χ0) is 16.4. The van der Waals surface area contributed by atoms with Gasteiger partial charge in [-0.05, 0) is 30.4 Å². The molecule has 0 nitrogen and oxygen atoms in total. The van der Waals surface area contributed by atoms with Crippen molar-refractivity contribution in [3.8, 4) is 11.1 Å². The van der Waals surface area contributed by atoms with Gasteiger partial charge in [0.15, 0.2) is 0 Å². The predicted molar refractivity (Wildman–Crippen MR) is 102 cm³/mol. The Bertz CT molecular complexity index is 818. The van der Waals surface area contributed by atoms with Crippen molar-refractivity contribution in [1.29, 1.82) is 0 Å². The van der Waals surface area contributed by atoms with Crippen LogP contribution in [0, 0.1) is 6.92 Å². The Morgan fingerprint density at radius 3 is 2.35 bits per heavy atom. The first-order valence-corrected chi connectivity index (χ1v) is 8.90. The Balaban J connectivity index is 0.00000208. The molecule has 0 bridgehead atoms. The van der Waals surface area contributed by atoms with Gasteiger partial charge in [-0.15, -0.1) is 34.5 Å². The summed E-state index contributed by atoms with van der Waals surface area (Å²) in [5.74, 6) is 0.537. The summed E-state index contributed by atoms with van der Waals surface area (Å²) in [6, 6.07) is 18.2. The van der Waals surface area contributed by atoms with Crippen molar-refractivity contribution in [3.63, 3.8) is 0 Å². The van der Waals surface area contributed by atoms with Crippen molar-refractivity contribution in [2.45, 2.75) is 52.9 Å². The van der Waals surface area contributed by atoms with Gasteiger partial charge < -0.3 is 24.8 Å². The number of fused-ring (bicyclic) bond motifs is 1. The molecular weight excluding hydrogens is 438 g/mol. The summed E-state index contributed by atoms with van der Waals surface area (Å²) < 4.78 is 0. The molecule has 0 aliphatic carbocycles. The van der Waals surface area contributed by atoms with Crippen molar-refractivity contribution in [2.75, 3.05) is 0 Å². The minimum atomic E-state index is 0. The maximum Gasteiger partial charge on any atom is 3.00 e. The van der Waals surface area contributed by atoms with Crippen LogP contribution in [0.5, 0.6) is 0 Å². The molecule has 3 heteroatoms. The Labute approximate surface area is 190 Å². The third-order valence-corrected chi connectivity index (χ3v) is 4.83. The van der Waals surface area contributed by atoms with Gasteiger partial charge in [0.05, 0.1) is 0 Å². The van der Waals surface area contributed by atoms with E-state index in [1.165, 1.54) is 57.9 Å². The fourth-order valence-corrected chi connectivity index (χ4v) is 3.56. The van der Waals surface area contributed by atoms with E-state index in [4.69, 9.17) is 0 Å². The Kier molecular flexibility index (Phi) is 11.2. The maximum atomic E-state index is 2.42. The first-order chi connectivity index (χ1) is 11.1. The first-order valence-electron chi connectivity index (χ1n) is 8.90. The van der Waals surface area contributed by atoms with Crippen molar-refractivity contribution >= 4 is 10.8 Å². The van der Waals surface area contributed by atoms with Crippen LogP contribution in [-0.2, 0) is 32.6 Å². The SMILES string of the molecule is CCCCc1cc2c(-c3ccccc3C(C)C)c(C)ccc2[cH-]1.[Cl-].[Cl-].[Zr+3]. The van der Waals surface area contributed by atoms with Crippen LogP contribution in [0.15, 0.2) is 48.5 Å². The molecule has 0 amide bonds. The average molecular weight is 466 g/mol. The van der Waals surface area contributed by atoms with Gasteiger partial charge >= 0.3 is 26.2 Å². The summed E-state index contributed by atoms with van der Waals surface area (Å²) >= 11 is 0. The second-order valence-corrected chi connectivity index (χ2v) is 6.97. The largest absolute Gasteiger partial charge is 3.00 e. The van der Waals surface area contributed by atoms with Crippen LogP contribution in [0.4, 0.5) is 0 Å². The molecule has 0 heterocycles. The van der Waals surface area contributed by atoms with E-state index in [1.807, 2.05) is 0 Å². The van der Waals surface area contributed by atoms with E-state index in [0.29, 0.717) is 5.92 Å². The quantitative estimate of drug-likeness (QED) is 0.494. The van der Waals surface area contributed by atoms with Gasteiger partial charge in [-0.2, -0.15) is 6.07 Å². The fourth-order valence-electron chi connectivity index (χ4n) is 3.56. The Morgan fingerprint density at radius 1 is 1.00 bits per heavy atom. The van der Waals surface area contributed by atoms with Crippen LogP contribution in [-0.4, -0.2) is 0 Å². The van der Waals surface area contributed by atoms with Crippen molar-refractivity contribution in [1.82, 2.24) is 0 Å². The van der Waals surface area contributed by atoms with E-state index in [1.54, 1.807) is 0 Å². The first kappa shape index (κ1) is 25.5. The van der Waals surface area contributed by atoms with Crippen LogP contribution in [0.1, 0.15) is 56.2 Å². The second kappa shape index (κ2) is 11.4. The molecule has 137 valence electrons. The number of unbranched alkanes of at least 4 members (excludes halogenated alkanes) is 1. The molecule has 3 rings (SSSR count). The van der Waals surface area contributed by atoms with E-state index < -0.39 is 0 Å². The minimum absolute atomic E-state index is 0. The molecule has 3 aromatic carbocycles. The summed E-state index contributed by atoms with van der Waals surface area (Å²) in [4.78, 5) is 0. The molecule has 0 aromatic heterocycles. The van der Waals surface area contributed by atoms with E-state index >= 15 is 0 Å². The van der Waals surface area contributed by atoms with E-state index in [0.717, 1.165) is 0 Å². The summed E-state index contributed by atoms with van der Waals surface area (Å²) in [6.07, 6.45) is 3.71. The van der Waals surface area contributed by atoms with Crippen molar-refractivity contribution < 1.29 is 51.0 Å². The third kappa shape index (κ3) is 5.28. The van der Waals surface area contributed by atoms with Crippen molar-refractivity contribution in [2.24, 2.45) is 0 Å². The molecule has 0 spiro atoms. The molecule has 0 saturated carbocycles. The fraction of sp³-hybridized carbons (Fsp3) is 0.348. The van der Waals surface area contributed by atoms with E-state index in [9.17, 15) is 0 Å². The normalized spacial score (nSPS) is 10.2. The van der Waals surface area contributed by atoms with Crippen molar-refractivity contribution in [3.05, 3.63) is 65.2 Å². The van der Waals surface area contributed by atoms with Gasteiger partial charge in [0.25, 0.3) is 0 Å². The molecule has 26 heavy (non-hydrogen) atoms. The number of hydrogen-bond donors (Lipinski definition) is 0. The summed E-state index contributed by atoms with van der Waals surface area (Å²) in [7, 11) is 0. The van der Waals surface area contributed by atoms with Gasteiger partial charge in [-0.25, -0.2) is 0 Å². The Morgan fingerprint density at radius 2 is 1.69 bits per heavy atom. The van der Waals surface area contributed by atoms with Gasteiger partial charge in [0.2, 0.25) is 0 Å². The van der Waals surface area contributed by atoms with Gasteiger partial charge in [0.1, 0.15) is 0 Å². The van der Waals surface area contributed by atoms with Gasteiger partial charge in [-0.1, -0.05) is 69.0 Å². The minimum Gasteiger partial charge on any atom is -1.00 e. The summed E-state index contributed by atoms with van der Waals surface area (Å²) in [5.41, 5.74) is 7.13. The number of aryl methyl sites for hydroxylation is 2. The molecule has 0 aliphatic rings. The average Bonchev–Trinajstić information content (AvgIpc) is 2.95. The van der Waals surface area contributed by atoms with E-state index in [-0.39, 0.29) is 51.0 Å². The smallest absolute Gasteiger partial charge is 1.00 e. The van der Waals surface area contributed by atoms with Crippen LogP contribution in [0.25, 0.3) is 21.9 Å². The molecule has 1 radical (unpaired) electrons. The molecule has 0 saturated heterocycles. The standard InChI is InChI=1S/C23H27.2ClH.Zr/c1-5-6-9-18-14-19-13-12-17(4)23(22(19)15-18)21-11-8-7-10-20(21)16(2)3;;;/h7-8,10-16H,5-6,9H2,1-4H3;2*1H;/q-1;;;+3/p-2. The van der Waals surface area contributed by atoms with Gasteiger partial charge in [-0.3, -0.25) is 0 Å². The topological polar surface area (TPSA) is 0 Å². The zero-order valence-corrected chi connectivity index (χ0v) is 20.0. The van der Waals surface area contributed by atoms with E-state index in [2.05, 4.69) is 76.2 Å². The molecule has 0 unspecified atom stereocenters. The summed E-state index contributed by atoms with van der Waals surface area (Å²) in [5, 5.41) is 2.81. The Hall–Kier alpha value is -0.487. The maximum absolute atomic E-state index is 2.42. The third-order valence-electron chi connectivity index (χ3n) is 4.83. The van der Waals surface area contributed by atoms with Crippen LogP contribution < -0.4 is 24.8 Å². The predicted octanol–water partition coefficient (Wildman–Crippen LogP) is 1.01. The number of benzene rings is 2.